The summed E-state index contributed by atoms with van der Waals surface area (Å²) >= 11 is 0. The molecular weight excluding hydrogens is 656 g/mol. The van der Waals surface area contributed by atoms with Gasteiger partial charge in [0, 0.05) is 42.3 Å². The van der Waals surface area contributed by atoms with Gasteiger partial charge in [-0.1, -0.05) is 36.4 Å². The quantitative estimate of drug-likeness (QED) is 0.235. The Morgan fingerprint density at radius 2 is 1.20 bits per heavy atom. The molecular formula is C37H52N6O8. The highest BCUT2D eigenvalue weighted by molar-refractivity contribution is 6.04. The van der Waals surface area contributed by atoms with Gasteiger partial charge in [-0.15, -0.1) is 4.99 Å². The molecule has 2 aliphatic rings. The van der Waals surface area contributed by atoms with Gasteiger partial charge in [0.15, 0.2) is 0 Å². The van der Waals surface area contributed by atoms with Crippen LogP contribution in [0.15, 0.2) is 65.7 Å². The predicted molar refractivity (Wildman–Crippen MR) is 192 cm³/mol. The van der Waals surface area contributed by atoms with Crippen molar-refractivity contribution in [3.05, 3.63) is 71.8 Å². The molecule has 5 N–H and O–H groups in total. The number of isocyanates is 1. The van der Waals surface area contributed by atoms with Crippen LogP contribution < -0.4 is 21.7 Å². The summed E-state index contributed by atoms with van der Waals surface area (Å²) in [6.07, 6.45) is 5.26. The average Bonchev–Trinajstić information content (AvgIpc) is 3.06. The molecule has 0 bridgehead atoms. The van der Waals surface area contributed by atoms with Gasteiger partial charge < -0.3 is 30.7 Å². The fraction of sp³-hybridized carbons (Fsp3) is 0.514. The number of amides is 6. The maximum atomic E-state index is 12.0. The van der Waals surface area contributed by atoms with E-state index < -0.39 is 35.1 Å². The molecule has 0 unspecified atom stereocenters. The third-order valence-electron chi connectivity index (χ3n) is 7.41. The molecule has 2 fully saturated rings. The zero-order valence-electron chi connectivity index (χ0n) is 30.4. The molecule has 2 aromatic rings. The molecule has 0 aromatic heterocycles. The van der Waals surface area contributed by atoms with Crippen molar-refractivity contribution in [2.24, 2.45) is 10.7 Å². The lowest BCUT2D eigenvalue weighted by atomic mass is 9.91. The van der Waals surface area contributed by atoms with Gasteiger partial charge in [0.1, 0.15) is 11.2 Å². The Balaban J connectivity index is 0.000000300. The van der Waals surface area contributed by atoms with E-state index >= 15 is 0 Å². The highest BCUT2D eigenvalue weighted by Crippen LogP contribution is 2.19. The predicted octanol–water partition coefficient (Wildman–Crippen LogP) is 5.47. The molecule has 1 aliphatic heterocycles. The molecule has 14 heteroatoms. The van der Waals surface area contributed by atoms with Gasteiger partial charge in [-0.25, -0.2) is 19.2 Å². The Morgan fingerprint density at radius 1 is 0.725 bits per heavy atom. The van der Waals surface area contributed by atoms with Crippen molar-refractivity contribution >= 4 is 36.1 Å². The minimum atomic E-state index is -0.555. The SMILES string of the molecule is CC(C)(C)OC(=O)N1CCC(N)CC1.CC(C)(C)OC(=O)NC1CCC(NC(=O)NC(=O)c2ccccc2)CC1.O=C=NC(=O)c1ccccc1. The number of aliphatic imine (C=N–C) groups is 1. The maximum absolute atomic E-state index is 12.0. The number of imide groups is 1. The molecule has 51 heavy (non-hydrogen) atoms. The number of rotatable bonds is 4. The third-order valence-corrected chi connectivity index (χ3v) is 7.41. The van der Waals surface area contributed by atoms with Crippen LogP contribution in [0.25, 0.3) is 0 Å². The summed E-state index contributed by atoms with van der Waals surface area (Å²) in [6, 6.07) is 16.7. The van der Waals surface area contributed by atoms with E-state index in [1.54, 1.807) is 65.6 Å². The van der Waals surface area contributed by atoms with Crippen molar-refractivity contribution in [1.29, 1.82) is 0 Å². The molecule has 2 aromatic carbocycles. The fourth-order valence-electron chi connectivity index (χ4n) is 4.94. The number of likely N-dealkylation sites (tertiary alicyclic amines) is 1. The first kappa shape index (κ1) is 42.1. The Labute approximate surface area is 299 Å². The van der Waals surface area contributed by atoms with Crippen molar-refractivity contribution in [1.82, 2.24) is 20.9 Å². The topological polar surface area (TPSA) is 199 Å². The largest absolute Gasteiger partial charge is 0.444 e. The average molecular weight is 709 g/mol. The maximum Gasteiger partial charge on any atom is 0.410 e. The number of piperidine rings is 1. The van der Waals surface area contributed by atoms with Crippen LogP contribution in [0.1, 0.15) is 101 Å². The fourth-order valence-corrected chi connectivity index (χ4v) is 4.94. The summed E-state index contributed by atoms with van der Waals surface area (Å²) < 4.78 is 10.5. The number of nitrogens with one attached hydrogen (secondary N) is 3. The lowest BCUT2D eigenvalue weighted by molar-refractivity contribution is 0.0206. The van der Waals surface area contributed by atoms with Crippen molar-refractivity contribution in [2.45, 2.75) is 109 Å². The van der Waals surface area contributed by atoms with Crippen molar-refractivity contribution in [3.8, 4) is 0 Å². The van der Waals surface area contributed by atoms with Crippen LogP contribution in [0, 0.1) is 0 Å². The van der Waals surface area contributed by atoms with Crippen LogP contribution in [0.2, 0.25) is 0 Å². The van der Waals surface area contributed by atoms with Crippen molar-refractivity contribution in [3.63, 3.8) is 0 Å². The molecule has 1 saturated heterocycles. The first-order valence-corrected chi connectivity index (χ1v) is 17.0. The number of alkyl carbamates (subject to hydrolysis) is 1. The Hall–Kier alpha value is -5.07. The van der Waals surface area contributed by atoms with Crippen LogP contribution in [-0.2, 0) is 14.3 Å². The van der Waals surface area contributed by atoms with Crippen LogP contribution >= 0.6 is 0 Å². The van der Waals surface area contributed by atoms with E-state index in [2.05, 4.69) is 20.9 Å². The van der Waals surface area contributed by atoms with Crippen LogP contribution in [0.4, 0.5) is 14.4 Å². The second kappa shape index (κ2) is 20.6. The lowest BCUT2D eigenvalue weighted by Gasteiger charge is -2.32. The molecule has 1 aliphatic carbocycles. The lowest BCUT2D eigenvalue weighted by Crippen LogP contribution is -2.48. The van der Waals surface area contributed by atoms with Gasteiger partial charge in [0.05, 0.1) is 0 Å². The molecule has 278 valence electrons. The Kier molecular flexibility index (Phi) is 17.0. The van der Waals surface area contributed by atoms with Crippen LogP contribution in [0.3, 0.4) is 0 Å². The number of carbonyl (C=O) groups is 5. The van der Waals surface area contributed by atoms with Crippen LogP contribution in [0.5, 0.6) is 0 Å². The summed E-state index contributed by atoms with van der Waals surface area (Å²) in [5, 5.41) is 8.01. The summed E-state index contributed by atoms with van der Waals surface area (Å²) in [5.41, 5.74) is 5.65. The van der Waals surface area contributed by atoms with E-state index in [-0.39, 0.29) is 24.2 Å². The number of carbonyl (C=O) groups excluding carboxylic acids is 6. The number of hydrogen-bond acceptors (Lipinski definition) is 9. The molecule has 1 heterocycles. The highest BCUT2D eigenvalue weighted by atomic mass is 16.6. The molecule has 0 spiro atoms. The zero-order valence-corrected chi connectivity index (χ0v) is 30.4. The van der Waals surface area contributed by atoms with Crippen molar-refractivity contribution < 1.29 is 38.2 Å². The molecule has 0 radical (unpaired) electrons. The first-order chi connectivity index (χ1) is 24.0. The monoisotopic (exact) mass is 708 g/mol. The summed E-state index contributed by atoms with van der Waals surface area (Å²) in [5.74, 6) is -0.982. The van der Waals surface area contributed by atoms with Gasteiger partial charge in [0.25, 0.3) is 11.8 Å². The van der Waals surface area contributed by atoms with Gasteiger partial charge >= 0.3 is 18.2 Å². The standard InChI is InChI=1S/C19H27N3O4.C10H20N2O2.C8H5NO2/c1-19(2,3)26-18(25)21-15-11-9-14(10-12-15)20-17(24)22-16(23)13-7-5-4-6-8-13;1-10(2,3)14-9(13)12-6-4-8(11)5-7-12;10-6-9-8(11)7-4-2-1-3-5-7/h4-8,14-15H,9-12H2,1-3H3,(H,21,25)(H2,20,22,23,24);8H,4-7,11H2,1-3H3;1-5H. The minimum absolute atomic E-state index is 0.0183. The minimum Gasteiger partial charge on any atom is -0.444 e. The highest BCUT2D eigenvalue weighted by Gasteiger charge is 2.27. The van der Waals surface area contributed by atoms with Crippen molar-refractivity contribution in [2.75, 3.05) is 13.1 Å². The van der Waals surface area contributed by atoms with E-state index in [1.807, 2.05) is 41.5 Å². The molecule has 14 nitrogen and oxygen atoms in total. The second-order valence-corrected chi connectivity index (χ2v) is 14.2. The molecule has 0 atom stereocenters. The van der Waals surface area contributed by atoms with Crippen LogP contribution in [-0.4, -0.2) is 83.4 Å². The van der Waals surface area contributed by atoms with Gasteiger partial charge in [-0.2, -0.15) is 0 Å². The van der Waals surface area contributed by atoms with E-state index in [0.29, 0.717) is 11.1 Å². The Morgan fingerprint density at radius 3 is 1.67 bits per heavy atom. The number of ether oxygens (including phenoxy) is 2. The first-order valence-electron chi connectivity index (χ1n) is 17.0. The van der Waals surface area contributed by atoms with E-state index in [4.69, 9.17) is 15.2 Å². The number of hydrogen-bond donors (Lipinski definition) is 4. The molecule has 4 rings (SSSR count). The van der Waals surface area contributed by atoms with Gasteiger partial charge in [-0.3, -0.25) is 14.9 Å². The summed E-state index contributed by atoms with van der Waals surface area (Å²) in [7, 11) is 0. The number of nitrogens with two attached hydrogens (primary N) is 1. The summed E-state index contributed by atoms with van der Waals surface area (Å²) in [4.78, 5) is 72.5. The van der Waals surface area contributed by atoms with E-state index in [9.17, 15) is 28.8 Å². The molecule has 1 saturated carbocycles. The van der Waals surface area contributed by atoms with E-state index in [0.717, 1.165) is 51.6 Å². The normalized spacial score (nSPS) is 17.4. The second-order valence-electron chi connectivity index (χ2n) is 14.2. The van der Waals surface area contributed by atoms with E-state index in [1.165, 1.54) is 6.08 Å². The molecule has 6 amide bonds. The smallest absolute Gasteiger partial charge is 0.410 e. The third kappa shape index (κ3) is 17.9. The number of benzene rings is 2. The zero-order chi connectivity index (χ0) is 38.0. The number of nitrogens with zero attached hydrogens (tertiary/aromatic N) is 2. The summed E-state index contributed by atoms with van der Waals surface area (Å²) in [6.45, 7) is 12.5. The number of urea groups is 1. The van der Waals surface area contributed by atoms with Gasteiger partial charge in [-0.05, 0) is 104 Å². The Bertz CT molecular complexity index is 1470. The van der Waals surface area contributed by atoms with Gasteiger partial charge in [0.2, 0.25) is 6.08 Å².